The van der Waals surface area contributed by atoms with Gasteiger partial charge >= 0.3 is 6.09 Å². The zero-order valence-electron chi connectivity index (χ0n) is 14.8. The van der Waals surface area contributed by atoms with E-state index < -0.39 is 11.7 Å². The number of nitrogens with zero attached hydrogens (tertiary/aromatic N) is 2. The van der Waals surface area contributed by atoms with Gasteiger partial charge in [-0.1, -0.05) is 32.4 Å². The highest BCUT2D eigenvalue weighted by Crippen LogP contribution is 2.27. The summed E-state index contributed by atoms with van der Waals surface area (Å²) in [6.45, 7) is 13.1. The Kier molecular flexibility index (Phi) is 5.80. The molecule has 0 spiro atoms. The SMILES string of the molecule is Cc1nc(Cl)c(O)cc1CC(=NC(=O)OC(C)(C)C)C(C)(C)C. The van der Waals surface area contributed by atoms with Gasteiger partial charge in [-0.15, -0.1) is 0 Å². The Labute approximate surface area is 142 Å². The van der Waals surface area contributed by atoms with Gasteiger partial charge in [0, 0.05) is 23.2 Å². The lowest BCUT2D eigenvalue weighted by Crippen LogP contribution is -2.27. The Morgan fingerprint density at radius 3 is 2.35 bits per heavy atom. The Morgan fingerprint density at radius 1 is 1.30 bits per heavy atom. The quantitative estimate of drug-likeness (QED) is 0.625. The number of halogens is 1. The minimum absolute atomic E-state index is 0.0626. The van der Waals surface area contributed by atoms with E-state index in [2.05, 4.69) is 9.98 Å². The van der Waals surface area contributed by atoms with Crippen LogP contribution in [0.1, 0.15) is 52.8 Å². The van der Waals surface area contributed by atoms with Gasteiger partial charge in [0.1, 0.15) is 5.60 Å². The lowest BCUT2D eigenvalue weighted by molar-refractivity contribution is 0.0602. The fourth-order valence-corrected chi connectivity index (χ4v) is 2.01. The molecular weight excluding hydrogens is 316 g/mol. The lowest BCUT2D eigenvalue weighted by atomic mass is 9.86. The molecule has 0 fully saturated rings. The molecule has 0 radical (unpaired) electrons. The third-order valence-electron chi connectivity index (χ3n) is 3.10. The van der Waals surface area contributed by atoms with Gasteiger partial charge in [0.15, 0.2) is 10.9 Å². The maximum atomic E-state index is 12.0. The van der Waals surface area contributed by atoms with Crippen LogP contribution in [-0.2, 0) is 11.2 Å². The molecule has 1 amide bonds. The lowest BCUT2D eigenvalue weighted by Gasteiger charge is -2.23. The predicted molar refractivity (Wildman–Crippen MR) is 92.5 cm³/mol. The molecule has 1 rings (SSSR count). The van der Waals surface area contributed by atoms with Gasteiger partial charge in [-0.3, -0.25) is 0 Å². The number of hydrogen-bond donors (Lipinski definition) is 1. The molecule has 128 valence electrons. The van der Waals surface area contributed by atoms with Crippen molar-refractivity contribution in [2.75, 3.05) is 0 Å². The summed E-state index contributed by atoms with van der Waals surface area (Å²) in [7, 11) is 0. The van der Waals surface area contributed by atoms with Crippen LogP contribution in [0.25, 0.3) is 0 Å². The van der Waals surface area contributed by atoms with E-state index in [0.29, 0.717) is 17.8 Å². The summed E-state index contributed by atoms with van der Waals surface area (Å²) in [5.41, 5.74) is 1.18. The number of ether oxygens (including phenoxy) is 1. The monoisotopic (exact) mass is 340 g/mol. The number of rotatable bonds is 2. The van der Waals surface area contributed by atoms with Crippen LogP contribution < -0.4 is 0 Å². The van der Waals surface area contributed by atoms with Gasteiger partial charge < -0.3 is 9.84 Å². The second kappa shape index (κ2) is 6.87. The van der Waals surface area contributed by atoms with E-state index in [1.807, 2.05) is 20.8 Å². The second-order valence-corrected chi connectivity index (χ2v) is 7.87. The summed E-state index contributed by atoms with van der Waals surface area (Å²) in [6.07, 6.45) is -0.238. The average molecular weight is 341 g/mol. The summed E-state index contributed by atoms with van der Waals surface area (Å²) in [4.78, 5) is 20.2. The molecule has 1 aromatic heterocycles. The maximum Gasteiger partial charge on any atom is 0.434 e. The molecule has 1 aromatic rings. The van der Waals surface area contributed by atoms with Crippen molar-refractivity contribution in [1.82, 2.24) is 4.98 Å². The molecule has 6 heteroatoms. The van der Waals surface area contributed by atoms with Gasteiger partial charge in [-0.2, -0.15) is 4.99 Å². The molecule has 1 heterocycles. The molecule has 0 aliphatic rings. The number of carbonyl (C=O) groups is 1. The molecule has 5 nitrogen and oxygen atoms in total. The van der Waals surface area contributed by atoms with Crippen LogP contribution in [0.4, 0.5) is 4.79 Å². The molecule has 0 unspecified atom stereocenters. The highest BCUT2D eigenvalue weighted by molar-refractivity contribution is 6.30. The third-order valence-corrected chi connectivity index (χ3v) is 3.37. The first-order chi connectivity index (χ1) is 10.3. The number of aromatic nitrogens is 1. The summed E-state index contributed by atoms with van der Waals surface area (Å²) >= 11 is 5.80. The minimum atomic E-state index is -0.619. The van der Waals surface area contributed by atoms with E-state index in [4.69, 9.17) is 16.3 Å². The van der Waals surface area contributed by atoms with Gasteiger partial charge in [-0.05, 0) is 39.3 Å². The van der Waals surface area contributed by atoms with Crippen molar-refractivity contribution >= 4 is 23.4 Å². The van der Waals surface area contributed by atoms with Gasteiger partial charge in [0.05, 0.1) is 0 Å². The molecule has 1 N–H and O–H groups in total. The molecule has 0 aliphatic heterocycles. The Morgan fingerprint density at radius 2 is 1.87 bits per heavy atom. The van der Waals surface area contributed by atoms with Crippen LogP contribution >= 0.6 is 11.6 Å². The highest BCUT2D eigenvalue weighted by Gasteiger charge is 2.24. The molecule has 0 saturated carbocycles. The molecule has 23 heavy (non-hydrogen) atoms. The summed E-state index contributed by atoms with van der Waals surface area (Å²) in [5.74, 6) is -0.0854. The zero-order chi connectivity index (χ0) is 18.0. The molecule has 0 bridgehead atoms. The van der Waals surface area contributed by atoms with Gasteiger partial charge in [-0.25, -0.2) is 9.78 Å². The molecule has 0 atom stereocenters. The van der Waals surface area contributed by atoms with Crippen molar-refractivity contribution < 1.29 is 14.6 Å². The topological polar surface area (TPSA) is 71.8 Å². The average Bonchev–Trinajstić information content (AvgIpc) is 2.31. The van der Waals surface area contributed by atoms with Crippen LogP contribution in [0.3, 0.4) is 0 Å². The number of aromatic hydroxyl groups is 1. The van der Waals surface area contributed by atoms with E-state index in [1.54, 1.807) is 33.8 Å². The highest BCUT2D eigenvalue weighted by atomic mass is 35.5. The first-order valence-corrected chi connectivity index (χ1v) is 7.83. The van der Waals surface area contributed by atoms with Crippen molar-refractivity contribution in [3.8, 4) is 5.75 Å². The summed E-state index contributed by atoms with van der Waals surface area (Å²) < 4.78 is 5.26. The Hall–Kier alpha value is -1.62. The number of aliphatic imine (C=N–C) groups is 1. The van der Waals surface area contributed by atoms with Crippen molar-refractivity contribution in [1.29, 1.82) is 0 Å². The summed E-state index contributed by atoms with van der Waals surface area (Å²) in [5, 5.41) is 9.81. The minimum Gasteiger partial charge on any atom is -0.505 e. The van der Waals surface area contributed by atoms with Crippen molar-refractivity contribution in [2.45, 2.75) is 60.5 Å². The number of hydrogen-bond acceptors (Lipinski definition) is 4. The first kappa shape index (κ1) is 19.4. The molecule has 0 aliphatic carbocycles. The van der Waals surface area contributed by atoms with E-state index in [0.717, 1.165) is 5.56 Å². The maximum absolute atomic E-state index is 12.0. The van der Waals surface area contributed by atoms with Crippen LogP contribution in [0, 0.1) is 12.3 Å². The van der Waals surface area contributed by atoms with Gasteiger partial charge in [0.2, 0.25) is 0 Å². The van der Waals surface area contributed by atoms with Crippen molar-refractivity contribution in [3.05, 3.63) is 22.5 Å². The first-order valence-electron chi connectivity index (χ1n) is 7.45. The molecule has 0 aromatic carbocycles. The van der Waals surface area contributed by atoms with Crippen LogP contribution in [0.5, 0.6) is 5.75 Å². The van der Waals surface area contributed by atoms with Crippen molar-refractivity contribution in [2.24, 2.45) is 10.4 Å². The fraction of sp³-hybridized carbons (Fsp3) is 0.588. The Balaban J connectivity index is 3.15. The van der Waals surface area contributed by atoms with E-state index in [1.165, 1.54) is 0 Å². The Bertz CT molecular complexity index is 626. The van der Waals surface area contributed by atoms with E-state index in [9.17, 15) is 9.90 Å². The molecular formula is C17H25ClN2O3. The third kappa shape index (κ3) is 6.18. The molecule has 0 saturated heterocycles. The number of pyridine rings is 1. The standard InChI is InChI=1S/C17H25ClN2O3/c1-10-11(8-12(21)14(18)19-10)9-13(16(2,3)4)20-15(22)23-17(5,6)7/h8,21H,9H2,1-7H3. The van der Waals surface area contributed by atoms with Crippen LogP contribution in [-0.4, -0.2) is 27.5 Å². The zero-order valence-corrected chi connectivity index (χ0v) is 15.6. The normalized spacial score (nSPS) is 13.1. The van der Waals surface area contributed by atoms with Gasteiger partial charge in [0.25, 0.3) is 0 Å². The number of carbonyl (C=O) groups excluding carboxylic acids is 1. The van der Waals surface area contributed by atoms with E-state index in [-0.39, 0.29) is 16.3 Å². The predicted octanol–water partition coefficient (Wildman–Crippen LogP) is 4.71. The van der Waals surface area contributed by atoms with Crippen LogP contribution in [0.2, 0.25) is 5.15 Å². The van der Waals surface area contributed by atoms with Crippen LogP contribution in [0.15, 0.2) is 11.1 Å². The summed E-state index contributed by atoms with van der Waals surface area (Å²) in [6, 6.07) is 1.56. The fourth-order valence-electron chi connectivity index (χ4n) is 1.83. The smallest absolute Gasteiger partial charge is 0.434 e. The van der Waals surface area contributed by atoms with E-state index >= 15 is 0 Å². The second-order valence-electron chi connectivity index (χ2n) is 7.51. The largest absolute Gasteiger partial charge is 0.505 e. The number of aryl methyl sites for hydroxylation is 1. The van der Waals surface area contributed by atoms with Crippen molar-refractivity contribution in [3.63, 3.8) is 0 Å². The number of amides is 1.